The minimum Gasteiger partial charge on any atom is -0.505 e. The summed E-state index contributed by atoms with van der Waals surface area (Å²) in [6, 6.07) is 2.37. The second kappa shape index (κ2) is 4.98. The van der Waals surface area contributed by atoms with Gasteiger partial charge in [-0.15, -0.1) is 19.0 Å². The standard InChI is InChI=1S/C10H12FNO.ClH/c1-3-9(12)7-4-6(2)5-8(11)10(7)13;/h3-5,9,13H,1,12H2,2H3;1H/t9-;/m0./s1. The van der Waals surface area contributed by atoms with Crippen LogP contribution in [-0.2, 0) is 0 Å². The Morgan fingerprint density at radius 3 is 2.64 bits per heavy atom. The molecule has 14 heavy (non-hydrogen) atoms. The van der Waals surface area contributed by atoms with E-state index in [9.17, 15) is 9.50 Å². The zero-order valence-corrected chi connectivity index (χ0v) is 8.64. The number of hydrogen-bond acceptors (Lipinski definition) is 2. The highest BCUT2D eigenvalue weighted by molar-refractivity contribution is 5.85. The normalized spacial score (nSPS) is 11.6. The largest absolute Gasteiger partial charge is 0.505 e. The van der Waals surface area contributed by atoms with Gasteiger partial charge in [-0.05, 0) is 18.6 Å². The first-order chi connectivity index (χ1) is 6.06. The fourth-order valence-electron chi connectivity index (χ4n) is 1.14. The number of phenols is 1. The number of aromatic hydroxyl groups is 1. The van der Waals surface area contributed by atoms with Crippen molar-refractivity contribution < 1.29 is 9.50 Å². The molecule has 0 radical (unpaired) electrons. The molecule has 0 heterocycles. The van der Waals surface area contributed by atoms with E-state index < -0.39 is 17.6 Å². The molecule has 1 aromatic rings. The molecule has 0 bridgehead atoms. The van der Waals surface area contributed by atoms with E-state index in [2.05, 4.69) is 6.58 Å². The van der Waals surface area contributed by atoms with Crippen LogP contribution in [0.2, 0.25) is 0 Å². The summed E-state index contributed by atoms with van der Waals surface area (Å²) in [5.41, 5.74) is 6.68. The van der Waals surface area contributed by atoms with Crippen LogP contribution in [0.3, 0.4) is 0 Å². The molecule has 78 valence electrons. The lowest BCUT2D eigenvalue weighted by molar-refractivity contribution is 0.423. The summed E-state index contributed by atoms with van der Waals surface area (Å²) in [5, 5.41) is 9.32. The van der Waals surface area contributed by atoms with Crippen molar-refractivity contribution in [2.45, 2.75) is 13.0 Å². The number of halogens is 2. The minimum atomic E-state index is -0.646. The molecule has 0 fully saturated rings. The van der Waals surface area contributed by atoms with Gasteiger partial charge in [0.1, 0.15) is 0 Å². The SMILES string of the molecule is C=C[C@H](N)c1cc(C)cc(F)c1O.Cl. The molecule has 0 amide bonds. The van der Waals surface area contributed by atoms with Crippen LogP contribution in [0.4, 0.5) is 4.39 Å². The predicted octanol–water partition coefficient (Wildman–Crippen LogP) is 2.45. The van der Waals surface area contributed by atoms with Gasteiger partial charge in [0.15, 0.2) is 11.6 Å². The second-order valence-electron chi connectivity index (χ2n) is 2.95. The molecule has 0 spiro atoms. The molecular weight excluding hydrogens is 205 g/mol. The molecule has 1 aromatic carbocycles. The first-order valence-corrected chi connectivity index (χ1v) is 3.93. The molecule has 1 rings (SSSR count). The van der Waals surface area contributed by atoms with E-state index in [1.165, 1.54) is 12.1 Å². The Bertz CT molecular complexity index is 341. The van der Waals surface area contributed by atoms with Gasteiger partial charge in [-0.1, -0.05) is 12.1 Å². The summed E-state index contributed by atoms with van der Waals surface area (Å²) in [7, 11) is 0. The number of phenolic OH excluding ortho intramolecular Hbond substituents is 1. The molecule has 0 aliphatic carbocycles. The van der Waals surface area contributed by atoms with Crippen LogP contribution in [0.15, 0.2) is 24.8 Å². The molecule has 0 saturated heterocycles. The van der Waals surface area contributed by atoms with Crippen LogP contribution in [0.1, 0.15) is 17.2 Å². The van der Waals surface area contributed by atoms with Gasteiger partial charge in [0.25, 0.3) is 0 Å². The van der Waals surface area contributed by atoms with Crippen molar-refractivity contribution in [3.8, 4) is 5.75 Å². The zero-order valence-electron chi connectivity index (χ0n) is 7.83. The number of benzene rings is 1. The van der Waals surface area contributed by atoms with Crippen LogP contribution in [0, 0.1) is 12.7 Å². The van der Waals surface area contributed by atoms with Crippen molar-refractivity contribution >= 4 is 12.4 Å². The molecule has 2 nitrogen and oxygen atoms in total. The minimum absolute atomic E-state index is 0. The third-order valence-corrected chi connectivity index (χ3v) is 1.85. The number of hydrogen-bond donors (Lipinski definition) is 2. The molecule has 1 atom stereocenters. The third-order valence-electron chi connectivity index (χ3n) is 1.85. The average Bonchev–Trinajstić information content (AvgIpc) is 2.10. The zero-order chi connectivity index (χ0) is 10.0. The quantitative estimate of drug-likeness (QED) is 0.748. The van der Waals surface area contributed by atoms with Crippen LogP contribution in [0.5, 0.6) is 5.75 Å². The van der Waals surface area contributed by atoms with E-state index in [0.29, 0.717) is 5.56 Å². The van der Waals surface area contributed by atoms with Gasteiger partial charge in [0, 0.05) is 5.56 Å². The van der Waals surface area contributed by atoms with Crippen LogP contribution in [0.25, 0.3) is 0 Å². The fourth-order valence-corrected chi connectivity index (χ4v) is 1.14. The Morgan fingerprint density at radius 2 is 2.14 bits per heavy atom. The third kappa shape index (κ3) is 2.47. The van der Waals surface area contributed by atoms with Crippen LogP contribution >= 0.6 is 12.4 Å². The van der Waals surface area contributed by atoms with Gasteiger partial charge in [0.2, 0.25) is 0 Å². The Labute approximate surface area is 88.7 Å². The van der Waals surface area contributed by atoms with Crippen molar-refractivity contribution in [3.63, 3.8) is 0 Å². The lowest BCUT2D eigenvalue weighted by atomic mass is 10.0. The highest BCUT2D eigenvalue weighted by Crippen LogP contribution is 2.27. The van der Waals surface area contributed by atoms with Gasteiger partial charge < -0.3 is 10.8 Å². The molecular formula is C10H13ClFNO. The monoisotopic (exact) mass is 217 g/mol. The van der Waals surface area contributed by atoms with E-state index in [4.69, 9.17) is 5.73 Å². The molecule has 3 N–H and O–H groups in total. The van der Waals surface area contributed by atoms with Gasteiger partial charge in [-0.2, -0.15) is 0 Å². The van der Waals surface area contributed by atoms with Crippen LogP contribution < -0.4 is 5.73 Å². The molecule has 0 aliphatic heterocycles. The smallest absolute Gasteiger partial charge is 0.165 e. The summed E-state index contributed by atoms with van der Waals surface area (Å²) in [6.07, 6.45) is 1.45. The topological polar surface area (TPSA) is 46.2 Å². The van der Waals surface area contributed by atoms with Gasteiger partial charge in [-0.3, -0.25) is 0 Å². The lowest BCUT2D eigenvalue weighted by Gasteiger charge is -2.10. The highest BCUT2D eigenvalue weighted by Gasteiger charge is 2.12. The van der Waals surface area contributed by atoms with E-state index in [0.717, 1.165) is 5.56 Å². The highest BCUT2D eigenvalue weighted by atomic mass is 35.5. The first-order valence-electron chi connectivity index (χ1n) is 3.93. The number of nitrogens with two attached hydrogens (primary N) is 1. The van der Waals surface area contributed by atoms with Crippen molar-refractivity contribution in [2.24, 2.45) is 5.73 Å². The predicted molar refractivity (Wildman–Crippen MR) is 57.2 cm³/mol. The summed E-state index contributed by atoms with van der Waals surface area (Å²) < 4.78 is 13.0. The number of rotatable bonds is 2. The van der Waals surface area contributed by atoms with Gasteiger partial charge in [-0.25, -0.2) is 4.39 Å². The van der Waals surface area contributed by atoms with E-state index in [1.807, 2.05) is 0 Å². The fraction of sp³-hybridized carbons (Fsp3) is 0.200. The first kappa shape index (κ1) is 12.9. The van der Waals surface area contributed by atoms with Gasteiger partial charge in [0.05, 0.1) is 6.04 Å². The summed E-state index contributed by atoms with van der Waals surface area (Å²) in [6.45, 7) is 5.22. The molecule has 0 saturated carbocycles. The molecule has 0 unspecified atom stereocenters. The molecule has 4 heteroatoms. The summed E-state index contributed by atoms with van der Waals surface area (Å²) >= 11 is 0. The summed E-state index contributed by atoms with van der Waals surface area (Å²) in [5.74, 6) is -1.04. The van der Waals surface area contributed by atoms with E-state index in [-0.39, 0.29) is 12.4 Å². The van der Waals surface area contributed by atoms with Crippen molar-refractivity contribution in [2.75, 3.05) is 0 Å². The maximum absolute atomic E-state index is 13.0. The Balaban J connectivity index is 0.00000169. The maximum atomic E-state index is 13.0. The Kier molecular flexibility index (Phi) is 4.60. The van der Waals surface area contributed by atoms with Crippen molar-refractivity contribution in [1.82, 2.24) is 0 Å². The van der Waals surface area contributed by atoms with Crippen molar-refractivity contribution in [3.05, 3.63) is 41.7 Å². The Hall–Kier alpha value is -1.06. The number of aryl methyl sites for hydroxylation is 1. The van der Waals surface area contributed by atoms with E-state index >= 15 is 0 Å². The lowest BCUT2D eigenvalue weighted by Crippen LogP contribution is -2.07. The average molecular weight is 218 g/mol. The Morgan fingerprint density at radius 1 is 1.57 bits per heavy atom. The van der Waals surface area contributed by atoms with Crippen molar-refractivity contribution in [1.29, 1.82) is 0 Å². The van der Waals surface area contributed by atoms with Gasteiger partial charge >= 0.3 is 0 Å². The maximum Gasteiger partial charge on any atom is 0.165 e. The molecule has 0 aliphatic rings. The van der Waals surface area contributed by atoms with Crippen LogP contribution in [-0.4, -0.2) is 5.11 Å². The summed E-state index contributed by atoms with van der Waals surface area (Å²) in [4.78, 5) is 0. The molecule has 0 aromatic heterocycles. The second-order valence-corrected chi connectivity index (χ2v) is 2.95. The van der Waals surface area contributed by atoms with E-state index in [1.54, 1.807) is 13.0 Å².